The SMILES string of the molecule is COC(=O)c1sc2cccc(Cl)c2c1S(=O)(=O)Cl. The third-order valence-electron chi connectivity index (χ3n) is 2.24. The number of carbonyl (C=O) groups is 1. The van der Waals surface area contributed by atoms with Gasteiger partial charge in [-0.15, -0.1) is 11.3 Å². The largest absolute Gasteiger partial charge is 0.465 e. The molecule has 18 heavy (non-hydrogen) atoms. The second-order valence-electron chi connectivity index (χ2n) is 3.30. The van der Waals surface area contributed by atoms with Gasteiger partial charge in [-0.25, -0.2) is 13.2 Å². The second kappa shape index (κ2) is 4.70. The summed E-state index contributed by atoms with van der Waals surface area (Å²) in [5.41, 5.74) is 0. The molecule has 0 saturated heterocycles. The van der Waals surface area contributed by atoms with Crippen LogP contribution in [-0.2, 0) is 13.8 Å². The number of rotatable bonds is 2. The van der Waals surface area contributed by atoms with E-state index in [9.17, 15) is 13.2 Å². The molecule has 2 aromatic rings. The number of esters is 1. The first-order chi connectivity index (χ1) is 8.36. The van der Waals surface area contributed by atoms with Crippen LogP contribution in [0.5, 0.6) is 0 Å². The summed E-state index contributed by atoms with van der Waals surface area (Å²) in [6.45, 7) is 0. The molecule has 2 rings (SSSR count). The van der Waals surface area contributed by atoms with E-state index in [0.717, 1.165) is 11.3 Å². The summed E-state index contributed by atoms with van der Waals surface area (Å²) < 4.78 is 28.3. The Hall–Kier alpha value is -0.820. The van der Waals surface area contributed by atoms with Gasteiger partial charge in [0.2, 0.25) is 0 Å². The van der Waals surface area contributed by atoms with Crippen LogP contribution in [-0.4, -0.2) is 21.5 Å². The van der Waals surface area contributed by atoms with Crippen molar-refractivity contribution in [2.24, 2.45) is 0 Å². The van der Waals surface area contributed by atoms with Gasteiger partial charge in [0, 0.05) is 20.8 Å². The minimum absolute atomic E-state index is 0.0735. The lowest BCUT2D eigenvalue weighted by atomic mass is 10.2. The van der Waals surface area contributed by atoms with E-state index in [4.69, 9.17) is 22.3 Å². The van der Waals surface area contributed by atoms with E-state index in [-0.39, 0.29) is 20.2 Å². The molecule has 1 aromatic carbocycles. The molecule has 0 fully saturated rings. The maximum Gasteiger partial charge on any atom is 0.349 e. The van der Waals surface area contributed by atoms with Crippen molar-refractivity contribution in [2.75, 3.05) is 7.11 Å². The average Bonchev–Trinajstić information content (AvgIpc) is 2.68. The van der Waals surface area contributed by atoms with Crippen molar-refractivity contribution in [1.29, 1.82) is 0 Å². The molecule has 0 saturated carbocycles. The Morgan fingerprint density at radius 3 is 2.61 bits per heavy atom. The summed E-state index contributed by atoms with van der Waals surface area (Å²) in [5, 5.41) is 0.470. The second-order valence-corrected chi connectivity index (χ2v) is 7.26. The van der Waals surface area contributed by atoms with Crippen LogP contribution >= 0.6 is 33.6 Å². The lowest BCUT2D eigenvalue weighted by Crippen LogP contribution is -2.04. The third-order valence-corrected chi connectivity index (χ3v) is 5.17. The number of ether oxygens (including phenoxy) is 1. The fourth-order valence-corrected chi connectivity index (χ4v) is 4.85. The maximum absolute atomic E-state index is 11.6. The summed E-state index contributed by atoms with van der Waals surface area (Å²) in [6, 6.07) is 4.85. The van der Waals surface area contributed by atoms with Gasteiger partial charge in [0.15, 0.2) is 0 Å². The van der Waals surface area contributed by atoms with Crippen molar-refractivity contribution in [2.45, 2.75) is 4.90 Å². The number of methoxy groups -OCH3 is 1. The maximum atomic E-state index is 11.6. The highest BCUT2D eigenvalue weighted by Crippen LogP contribution is 2.40. The number of thiophene rings is 1. The van der Waals surface area contributed by atoms with Crippen LogP contribution in [0.25, 0.3) is 10.1 Å². The van der Waals surface area contributed by atoms with Crippen LogP contribution in [0.2, 0.25) is 5.02 Å². The molecule has 0 atom stereocenters. The lowest BCUT2D eigenvalue weighted by Gasteiger charge is -2.00. The summed E-state index contributed by atoms with van der Waals surface area (Å²) in [4.78, 5) is 11.2. The van der Waals surface area contributed by atoms with Crippen LogP contribution in [0.15, 0.2) is 23.1 Å². The highest BCUT2D eigenvalue weighted by molar-refractivity contribution is 8.14. The predicted octanol–water partition coefficient (Wildman–Crippen LogP) is 3.27. The molecular formula is C10H6Cl2O4S2. The Labute approximate surface area is 116 Å². The van der Waals surface area contributed by atoms with Gasteiger partial charge in [0.05, 0.1) is 12.1 Å². The molecule has 4 nitrogen and oxygen atoms in total. The van der Waals surface area contributed by atoms with Crippen molar-refractivity contribution < 1.29 is 17.9 Å². The van der Waals surface area contributed by atoms with Gasteiger partial charge >= 0.3 is 5.97 Å². The number of hydrogen-bond acceptors (Lipinski definition) is 5. The van der Waals surface area contributed by atoms with Gasteiger partial charge in [-0.3, -0.25) is 0 Å². The first-order valence-corrected chi connectivity index (χ1v) is 8.10. The van der Waals surface area contributed by atoms with Crippen LogP contribution < -0.4 is 0 Å². The normalized spacial score (nSPS) is 11.7. The Morgan fingerprint density at radius 1 is 1.39 bits per heavy atom. The molecule has 0 aliphatic heterocycles. The molecule has 0 aliphatic rings. The van der Waals surface area contributed by atoms with E-state index in [0.29, 0.717) is 4.70 Å². The zero-order chi connectivity index (χ0) is 13.5. The number of hydrogen-bond donors (Lipinski definition) is 0. The average molecular weight is 325 g/mol. The monoisotopic (exact) mass is 324 g/mol. The van der Waals surface area contributed by atoms with E-state index in [1.54, 1.807) is 12.1 Å². The van der Waals surface area contributed by atoms with Crippen molar-refractivity contribution in [3.63, 3.8) is 0 Å². The molecule has 0 N–H and O–H groups in total. The first-order valence-electron chi connectivity index (χ1n) is 4.60. The zero-order valence-corrected chi connectivity index (χ0v) is 12.1. The minimum Gasteiger partial charge on any atom is -0.465 e. The van der Waals surface area contributed by atoms with Gasteiger partial charge < -0.3 is 4.74 Å². The highest BCUT2D eigenvalue weighted by atomic mass is 35.7. The van der Waals surface area contributed by atoms with Gasteiger partial charge in [-0.1, -0.05) is 17.7 Å². The fourth-order valence-electron chi connectivity index (χ4n) is 1.54. The van der Waals surface area contributed by atoms with Crippen LogP contribution in [0, 0.1) is 0 Å². The quantitative estimate of drug-likeness (QED) is 0.628. The summed E-state index contributed by atoms with van der Waals surface area (Å²) in [7, 11) is 2.44. The van der Waals surface area contributed by atoms with Crippen LogP contribution in [0.3, 0.4) is 0 Å². The minimum atomic E-state index is -4.10. The first kappa shape index (κ1) is 13.6. The van der Waals surface area contributed by atoms with Crippen molar-refractivity contribution >= 4 is 58.7 Å². The third kappa shape index (κ3) is 2.21. The van der Waals surface area contributed by atoms with Crippen molar-refractivity contribution in [1.82, 2.24) is 0 Å². The highest BCUT2D eigenvalue weighted by Gasteiger charge is 2.28. The standard InChI is InChI=1S/C10H6Cl2O4S2/c1-16-10(13)8-9(18(12,14)15)7-5(11)3-2-4-6(7)17-8/h2-4H,1H3. The summed E-state index contributed by atoms with van der Waals surface area (Å²) in [6.07, 6.45) is 0. The van der Waals surface area contributed by atoms with Gasteiger partial charge in [0.1, 0.15) is 9.77 Å². The van der Waals surface area contributed by atoms with Gasteiger partial charge in [-0.2, -0.15) is 0 Å². The number of halogens is 2. The van der Waals surface area contributed by atoms with E-state index >= 15 is 0 Å². The van der Waals surface area contributed by atoms with Gasteiger partial charge in [0.25, 0.3) is 9.05 Å². The van der Waals surface area contributed by atoms with Crippen LogP contribution in [0.1, 0.15) is 9.67 Å². The van der Waals surface area contributed by atoms with E-state index < -0.39 is 15.0 Å². The molecule has 0 spiro atoms. The Kier molecular flexibility index (Phi) is 3.55. The molecule has 1 heterocycles. The summed E-state index contributed by atoms with van der Waals surface area (Å²) in [5.74, 6) is -0.758. The molecule has 0 radical (unpaired) electrons. The van der Waals surface area contributed by atoms with E-state index in [1.807, 2.05) is 0 Å². The fraction of sp³-hybridized carbons (Fsp3) is 0.100. The molecule has 0 aliphatic carbocycles. The zero-order valence-electron chi connectivity index (χ0n) is 8.94. The van der Waals surface area contributed by atoms with Crippen molar-refractivity contribution in [3.8, 4) is 0 Å². The Bertz CT molecular complexity index is 734. The number of carbonyl (C=O) groups excluding carboxylic acids is 1. The molecule has 0 unspecified atom stereocenters. The van der Waals surface area contributed by atoms with E-state index in [1.165, 1.54) is 13.2 Å². The number of benzene rings is 1. The van der Waals surface area contributed by atoms with E-state index in [2.05, 4.69) is 4.74 Å². The summed E-state index contributed by atoms with van der Waals surface area (Å²) >= 11 is 6.94. The molecule has 96 valence electrons. The van der Waals surface area contributed by atoms with Crippen molar-refractivity contribution in [3.05, 3.63) is 28.1 Å². The smallest absolute Gasteiger partial charge is 0.349 e. The Balaban J connectivity index is 2.97. The lowest BCUT2D eigenvalue weighted by molar-refractivity contribution is 0.0602. The molecule has 0 amide bonds. The van der Waals surface area contributed by atoms with Crippen LogP contribution in [0.4, 0.5) is 0 Å². The predicted molar refractivity (Wildman–Crippen MR) is 71.2 cm³/mol. The molecule has 0 bridgehead atoms. The topological polar surface area (TPSA) is 60.4 Å². The molecule has 1 aromatic heterocycles. The number of fused-ring (bicyclic) bond motifs is 1. The molecule has 8 heteroatoms. The Morgan fingerprint density at radius 2 is 2.06 bits per heavy atom. The molecular weight excluding hydrogens is 319 g/mol. The van der Waals surface area contributed by atoms with Gasteiger partial charge in [-0.05, 0) is 12.1 Å².